The van der Waals surface area contributed by atoms with E-state index in [9.17, 15) is 15.3 Å². The molecule has 1 unspecified atom stereocenters. The van der Waals surface area contributed by atoms with Crippen LogP contribution < -0.4 is 0 Å². The van der Waals surface area contributed by atoms with Crippen LogP contribution in [0, 0.1) is 28.6 Å². The van der Waals surface area contributed by atoms with E-state index in [4.69, 9.17) is 10.5 Å². The van der Waals surface area contributed by atoms with Crippen molar-refractivity contribution in [1.29, 1.82) is 10.5 Å². The van der Waals surface area contributed by atoms with Gasteiger partial charge in [0.1, 0.15) is 17.7 Å². The maximum atomic E-state index is 9.94. The first kappa shape index (κ1) is 11.2. The Balaban J connectivity index is 2.82. The second-order valence-electron chi connectivity index (χ2n) is 3.71. The van der Waals surface area contributed by atoms with E-state index in [0.29, 0.717) is 0 Å². The first-order valence-corrected chi connectivity index (χ1v) is 4.81. The smallest absolute Gasteiger partial charge is 0.212 e. The Morgan fingerprint density at radius 2 is 1.82 bits per heavy atom. The summed E-state index contributed by atoms with van der Waals surface area (Å²) in [5.74, 6) is -4.35. The normalized spacial score (nSPS) is 21.3. The molecule has 2 rings (SSSR count). The predicted molar refractivity (Wildman–Crippen MR) is 56.8 cm³/mol. The van der Waals surface area contributed by atoms with Crippen LogP contribution in [-0.2, 0) is 5.79 Å². The molecule has 0 bridgehead atoms. The van der Waals surface area contributed by atoms with Crippen molar-refractivity contribution < 1.29 is 15.3 Å². The van der Waals surface area contributed by atoms with Gasteiger partial charge >= 0.3 is 0 Å². The van der Waals surface area contributed by atoms with Crippen LogP contribution in [0.3, 0.4) is 0 Å². The van der Waals surface area contributed by atoms with Crippen molar-refractivity contribution in [3.63, 3.8) is 0 Å². The molecule has 0 aromatic heterocycles. The van der Waals surface area contributed by atoms with Crippen molar-refractivity contribution in [1.82, 2.24) is 0 Å². The van der Waals surface area contributed by atoms with Crippen molar-refractivity contribution >= 4 is 5.76 Å². The number of benzene rings is 1. The molecule has 1 aliphatic rings. The quantitative estimate of drug-likeness (QED) is 0.568. The van der Waals surface area contributed by atoms with Crippen LogP contribution in [-0.4, -0.2) is 15.3 Å². The van der Waals surface area contributed by atoms with Crippen LogP contribution in [0.25, 0.3) is 5.76 Å². The van der Waals surface area contributed by atoms with E-state index in [1.54, 1.807) is 24.3 Å². The molecule has 0 saturated heterocycles. The first-order valence-electron chi connectivity index (χ1n) is 4.81. The molecule has 1 atom stereocenters. The second kappa shape index (κ2) is 3.60. The monoisotopic (exact) mass is 228 g/mol. The molecule has 0 radical (unpaired) electrons. The number of hydrogen-bond donors (Lipinski definition) is 3. The van der Waals surface area contributed by atoms with Crippen LogP contribution in [0.5, 0.6) is 0 Å². The summed E-state index contributed by atoms with van der Waals surface area (Å²) in [4.78, 5) is 0. The largest absolute Gasteiger partial charge is 0.506 e. The minimum atomic E-state index is -2.47. The van der Waals surface area contributed by atoms with Crippen molar-refractivity contribution in [2.75, 3.05) is 0 Å². The SMILES string of the molecule is N#CC1=C(O)c2ccccc2C(O)(O)C1C#N. The van der Waals surface area contributed by atoms with Gasteiger partial charge in [-0.05, 0) is 0 Å². The molecule has 0 amide bonds. The Hall–Kier alpha value is -2.34. The molecule has 5 heteroatoms. The van der Waals surface area contributed by atoms with Gasteiger partial charge in [0.25, 0.3) is 0 Å². The summed E-state index contributed by atoms with van der Waals surface area (Å²) in [6.45, 7) is 0. The number of aliphatic hydroxyl groups excluding tert-OH is 1. The van der Waals surface area contributed by atoms with E-state index in [0.717, 1.165) is 0 Å². The highest BCUT2D eigenvalue weighted by atomic mass is 16.5. The average molecular weight is 228 g/mol. The lowest BCUT2D eigenvalue weighted by Crippen LogP contribution is -2.39. The van der Waals surface area contributed by atoms with Crippen LogP contribution >= 0.6 is 0 Å². The second-order valence-corrected chi connectivity index (χ2v) is 3.71. The van der Waals surface area contributed by atoms with E-state index >= 15 is 0 Å². The molecule has 0 aliphatic heterocycles. The van der Waals surface area contributed by atoms with Crippen LogP contribution in [0.4, 0.5) is 0 Å². The van der Waals surface area contributed by atoms with Gasteiger partial charge in [0, 0.05) is 11.1 Å². The topological polar surface area (TPSA) is 108 Å². The number of nitrogens with zero attached hydrogens (tertiary/aromatic N) is 2. The van der Waals surface area contributed by atoms with Gasteiger partial charge in [-0.1, -0.05) is 24.3 Å². The predicted octanol–water partition coefficient (Wildman–Crippen LogP) is 0.770. The zero-order chi connectivity index (χ0) is 12.6. The van der Waals surface area contributed by atoms with Crippen molar-refractivity contribution in [3.8, 4) is 12.1 Å². The molecule has 1 aliphatic carbocycles. The lowest BCUT2D eigenvalue weighted by atomic mass is 9.78. The minimum absolute atomic E-state index is 0.0167. The molecule has 0 saturated carbocycles. The first-order chi connectivity index (χ1) is 8.04. The average Bonchev–Trinajstić information content (AvgIpc) is 2.33. The molecule has 1 aromatic carbocycles. The summed E-state index contributed by atoms with van der Waals surface area (Å²) in [6.07, 6.45) is 0. The van der Waals surface area contributed by atoms with Crippen LogP contribution in [0.1, 0.15) is 11.1 Å². The molecular weight excluding hydrogens is 220 g/mol. The number of rotatable bonds is 0. The Morgan fingerprint density at radius 3 is 2.41 bits per heavy atom. The van der Waals surface area contributed by atoms with Gasteiger partial charge in [0.15, 0.2) is 0 Å². The lowest BCUT2D eigenvalue weighted by Gasteiger charge is -2.32. The van der Waals surface area contributed by atoms with Crippen LogP contribution in [0.2, 0.25) is 0 Å². The Labute approximate surface area is 97.1 Å². The number of aliphatic hydroxyl groups is 3. The summed E-state index contributed by atoms with van der Waals surface area (Å²) >= 11 is 0. The molecule has 84 valence electrons. The van der Waals surface area contributed by atoms with E-state index in [2.05, 4.69) is 0 Å². The van der Waals surface area contributed by atoms with Crippen molar-refractivity contribution in [3.05, 3.63) is 41.0 Å². The third kappa shape index (κ3) is 1.38. The molecule has 0 heterocycles. The van der Waals surface area contributed by atoms with E-state index in [-0.39, 0.29) is 22.5 Å². The van der Waals surface area contributed by atoms with Gasteiger partial charge in [-0.15, -0.1) is 0 Å². The van der Waals surface area contributed by atoms with Gasteiger partial charge in [0.05, 0.1) is 11.6 Å². The highest BCUT2D eigenvalue weighted by Gasteiger charge is 2.46. The van der Waals surface area contributed by atoms with Gasteiger partial charge in [-0.2, -0.15) is 10.5 Å². The maximum absolute atomic E-state index is 9.94. The third-order valence-corrected chi connectivity index (χ3v) is 2.77. The van der Waals surface area contributed by atoms with Gasteiger partial charge in [-0.25, -0.2) is 0 Å². The fraction of sp³-hybridized carbons (Fsp3) is 0.167. The van der Waals surface area contributed by atoms with E-state index in [1.165, 1.54) is 12.1 Å². The van der Waals surface area contributed by atoms with Crippen molar-refractivity contribution in [2.24, 2.45) is 5.92 Å². The number of fused-ring (bicyclic) bond motifs is 1. The molecule has 5 nitrogen and oxygen atoms in total. The Bertz CT molecular complexity index is 591. The molecular formula is C12H8N2O3. The molecule has 0 spiro atoms. The Kier molecular flexibility index (Phi) is 2.36. The summed E-state index contributed by atoms with van der Waals surface area (Å²) in [5.41, 5.74) is -0.167. The lowest BCUT2D eigenvalue weighted by molar-refractivity contribution is -0.189. The molecule has 3 N–H and O–H groups in total. The maximum Gasteiger partial charge on any atom is 0.212 e. The summed E-state index contributed by atoms with van der Waals surface area (Å²) in [5, 5.41) is 47.5. The molecule has 1 aromatic rings. The van der Waals surface area contributed by atoms with Gasteiger partial charge in [0.2, 0.25) is 5.79 Å². The Morgan fingerprint density at radius 1 is 1.18 bits per heavy atom. The highest BCUT2D eigenvalue weighted by molar-refractivity contribution is 5.73. The van der Waals surface area contributed by atoms with E-state index < -0.39 is 11.7 Å². The summed E-state index contributed by atoms with van der Waals surface area (Å²) in [7, 11) is 0. The fourth-order valence-electron chi connectivity index (χ4n) is 1.92. The third-order valence-electron chi connectivity index (χ3n) is 2.77. The standard InChI is InChI=1S/C12H8N2O3/c13-5-8-10(6-14)12(16,17)9-4-2-1-3-7(9)11(8)15/h1-4,10,15-17H. The minimum Gasteiger partial charge on any atom is -0.506 e. The highest BCUT2D eigenvalue weighted by Crippen LogP contribution is 2.42. The summed E-state index contributed by atoms with van der Waals surface area (Å²) in [6, 6.07) is 9.26. The van der Waals surface area contributed by atoms with Crippen LogP contribution in [0.15, 0.2) is 29.8 Å². The molecule has 17 heavy (non-hydrogen) atoms. The molecule has 0 fully saturated rings. The number of nitriles is 2. The van der Waals surface area contributed by atoms with Crippen molar-refractivity contribution in [2.45, 2.75) is 5.79 Å². The fourth-order valence-corrected chi connectivity index (χ4v) is 1.92. The van der Waals surface area contributed by atoms with Gasteiger partial charge < -0.3 is 15.3 Å². The van der Waals surface area contributed by atoms with Gasteiger partial charge in [-0.3, -0.25) is 0 Å². The summed E-state index contributed by atoms with van der Waals surface area (Å²) < 4.78 is 0. The zero-order valence-corrected chi connectivity index (χ0v) is 8.62. The number of hydrogen-bond acceptors (Lipinski definition) is 5. The zero-order valence-electron chi connectivity index (χ0n) is 8.62. The van der Waals surface area contributed by atoms with E-state index in [1.807, 2.05) is 0 Å².